The van der Waals surface area contributed by atoms with Gasteiger partial charge in [-0.2, -0.15) is 0 Å². The van der Waals surface area contributed by atoms with Crippen molar-refractivity contribution >= 4 is 34.1 Å². The minimum atomic E-state index is -0.290. The second-order valence-electron chi connectivity index (χ2n) is 2.32. The average Bonchev–Trinajstić information content (AvgIpc) is 2.03. The van der Waals surface area contributed by atoms with Crippen LogP contribution in [0.3, 0.4) is 0 Å². The Kier molecular flexibility index (Phi) is 4.26. The maximum atomic E-state index is 12.6. The van der Waals surface area contributed by atoms with Crippen LogP contribution in [0.15, 0.2) is 18.2 Å². The summed E-state index contributed by atoms with van der Waals surface area (Å²) >= 11 is 9.80. The van der Waals surface area contributed by atoms with Crippen molar-refractivity contribution < 1.29 is 4.39 Å². The van der Waals surface area contributed by atoms with Crippen molar-refractivity contribution in [3.8, 4) is 0 Å². The molecule has 66 valence electrons. The van der Waals surface area contributed by atoms with Crippen molar-refractivity contribution in [1.29, 1.82) is 0 Å². The molecule has 0 radical (unpaired) electrons. The molecule has 0 unspecified atom stereocenters. The molecule has 1 aromatic carbocycles. The number of aryl methyl sites for hydroxylation is 1. The van der Waals surface area contributed by atoms with Gasteiger partial charge in [0, 0.05) is 10.8 Å². The molecule has 0 amide bonds. The van der Waals surface area contributed by atoms with E-state index in [1.54, 1.807) is 6.07 Å². The van der Waals surface area contributed by atoms with E-state index in [0.717, 1.165) is 17.7 Å². The molecule has 0 N–H and O–H groups in total. The molecule has 0 nitrogen and oxygen atoms in total. The van der Waals surface area contributed by atoms with Crippen molar-refractivity contribution in [2.24, 2.45) is 0 Å². The molecular weight excluding hydrogens is 215 g/mol. The highest BCUT2D eigenvalue weighted by atomic mass is 35.5. The summed E-state index contributed by atoms with van der Waals surface area (Å²) in [6.45, 7) is 0. The van der Waals surface area contributed by atoms with Crippen LogP contribution < -0.4 is 0 Å². The third kappa shape index (κ3) is 2.88. The molecule has 0 saturated carbocycles. The lowest BCUT2D eigenvalue weighted by Crippen LogP contribution is -1.89. The van der Waals surface area contributed by atoms with Crippen molar-refractivity contribution in [3.63, 3.8) is 0 Å². The Balaban J connectivity index is 2.72. The Bertz CT molecular complexity index is 265. The van der Waals surface area contributed by atoms with E-state index in [4.69, 9.17) is 11.6 Å². The summed E-state index contributed by atoms with van der Waals surface area (Å²) in [4.78, 5) is 0. The minimum absolute atomic E-state index is 0.290. The molecule has 0 heterocycles. The van der Waals surface area contributed by atoms with Crippen LogP contribution in [-0.2, 0) is 6.42 Å². The lowest BCUT2D eigenvalue weighted by Gasteiger charge is -2.01. The first-order valence-electron chi connectivity index (χ1n) is 3.44. The first-order chi connectivity index (χ1) is 5.74. The first-order valence-corrected chi connectivity index (χ1v) is 5.86. The standard InChI is InChI=1S/C8H8ClFS2/c9-8-5-7(10)2-1-6(8)3-4-12-11/h1-2,5,11H,3-4H2. The van der Waals surface area contributed by atoms with Gasteiger partial charge in [0.25, 0.3) is 0 Å². The summed E-state index contributed by atoms with van der Waals surface area (Å²) in [5, 5.41) is 0.498. The second-order valence-corrected chi connectivity index (χ2v) is 4.17. The van der Waals surface area contributed by atoms with E-state index in [-0.39, 0.29) is 5.82 Å². The molecule has 1 rings (SSSR count). The second kappa shape index (κ2) is 5.00. The summed E-state index contributed by atoms with van der Waals surface area (Å²) < 4.78 is 12.6. The number of hydrogen-bond donors (Lipinski definition) is 1. The topological polar surface area (TPSA) is 0 Å². The fourth-order valence-corrected chi connectivity index (χ4v) is 1.73. The summed E-state index contributed by atoms with van der Waals surface area (Å²) in [6.07, 6.45) is 0.827. The van der Waals surface area contributed by atoms with Crippen LogP contribution in [0.1, 0.15) is 5.56 Å². The Morgan fingerprint density at radius 1 is 1.50 bits per heavy atom. The predicted octanol–water partition coefficient (Wildman–Crippen LogP) is 3.60. The third-order valence-electron chi connectivity index (χ3n) is 1.48. The lowest BCUT2D eigenvalue weighted by molar-refractivity contribution is 0.627. The van der Waals surface area contributed by atoms with Gasteiger partial charge >= 0.3 is 0 Å². The number of thiol groups is 1. The molecule has 0 fully saturated rings. The Hall–Kier alpha value is 0.140. The summed E-state index contributed by atoms with van der Waals surface area (Å²) in [6, 6.07) is 4.46. The van der Waals surface area contributed by atoms with Gasteiger partial charge < -0.3 is 0 Å². The van der Waals surface area contributed by atoms with E-state index in [1.165, 1.54) is 22.9 Å². The zero-order chi connectivity index (χ0) is 8.97. The highest BCUT2D eigenvalue weighted by Gasteiger charge is 2.00. The molecule has 0 spiro atoms. The van der Waals surface area contributed by atoms with Gasteiger partial charge in [-0.25, -0.2) is 4.39 Å². The van der Waals surface area contributed by atoms with E-state index in [1.807, 2.05) is 0 Å². The average molecular weight is 223 g/mol. The number of hydrogen-bond acceptors (Lipinski definition) is 2. The zero-order valence-electron chi connectivity index (χ0n) is 6.26. The minimum Gasteiger partial charge on any atom is -0.207 e. The largest absolute Gasteiger partial charge is 0.207 e. The number of halogens is 2. The molecule has 12 heavy (non-hydrogen) atoms. The molecule has 0 aliphatic carbocycles. The van der Waals surface area contributed by atoms with Crippen molar-refractivity contribution in [3.05, 3.63) is 34.6 Å². The van der Waals surface area contributed by atoms with Gasteiger partial charge in [-0.3, -0.25) is 0 Å². The highest BCUT2D eigenvalue weighted by Crippen LogP contribution is 2.19. The first kappa shape index (κ1) is 10.2. The Labute approximate surface area is 85.3 Å². The van der Waals surface area contributed by atoms with Crippen LogP contribution >= 0.6 is 34.1 Å². The number of benzene rings is 1. The van der Waals surface area contributed by atoms with Crippen molar-refractivity contribution in [2.45, 2.75) is 6.42 Å². The van der Waals surface area contributed by atoms with E-state index in [9.17, 15) is 4.39 Å². The molecule has 0 bridgehead atoms. The van der Waals surface area contributed by atoms with Gasteiger partial charge in [0.15, 0.2) is 0 Å². The van der Waals surface area contributed by atoms with Gasteiger partial charge in [-0.15, -0.1) is 11.7 Å². The summed E-state index contributed by atoms with van der Waals surface area (Å²) in [5.41, 5.74) is 0.972. The molecule has 4 heteroatoms. The van der Waals surface area contributed by atoms with Gasteiger partial charge in [0.2, 0.25) is 0 Å². The third-order valence-corrected chi connectivity index (χ3v) is 2.76. The fourth-order valence-electron chi connectivity index (χ4n) is 0.880. The monoisotopic (exact) mass is 222 g/mol. The van der Waals surface area contributed by atoms with Gasteiger partial charge in [0.1, 0.15) is 5.82 Å². The maximum Gasteiger partial charge on any atom is 0.124 e. The maximum absolute atomic E-state index is 12.6. The molecule has 0 aliphatic heterocycles. The zero-order valence-corrected chi connectivity index (χ0v) is 8.72. The molecule has 0 atom stereocenters. The van der Waals surface area contributed by atoms with Crippen molar-refractivity contribution in [1.82, 2.24) is 0 Å². The smallest absolute Gasteiger partial charge is 0.124 e. The van der Waals surface area contributed by atoms with Crippen LogP contribution in [0, 0.1) is 5.82 Å². The lowest BCUT2D eigenvalue weighted by atomic mass is 10.2. The quantitative estimate of drug-likeness (QED) is 0.602. The van der Waals surface area contributed by atoms with Gasteiger partial charge in [-0.05, 0) is 24.1 Å². The van der Waals surface area contributed by atoms with Crippen LogP contribution in [0.2, 0.25) is 5.02 Å². The van der Waals surface area contributed by atoms with Gasteiger partial charge in [-0.1, -0.05) is 28.5 Å². The molecule has 0 saturated heterocycles. The van der Waals surface area contributed by atoms with Crippen LogP contribution in [-0.4, -0.2) is 5.75 Å². The SMILES string of the molecule is Fc1ccc(CCSS)c(Cl)c1. The summed E-state index contributed by atoms with van der Waals surface area (Å²) in [7, 11) is 1.45. The van der Waals surface area contributed by atoms with Crippen molar-refractivity contribution in [2.75, 3.05) is 5.75 Å². The normalized spacial score (nSPS) is 10.2. The van der Waals surface area contributed by atoms with Crippen LogP contribution in [0.25, 0.3) is 0 Å². The highest BCUT2D eigenvalue weighted by molar-refractivity contribution is 8.68. The number of rotatable bonds is 3. The Morgan fingerprint density at radius 2 is 2.25 bits per heavy atom. The predicted molar refractivity (Wildman–Crippen MR) is 56.6 cm³/mol. The molecule has 0 aliphatic rings. The molecular formula is C8H8ClFS2. The van der Waals surface area contributed by atoms with Crippen LogP contribution in [0.4, 0.5) is 4.39 Å². The van der Waals surface area contributed by atoms with Gasteiger partial charge in [0.05, 0.1) is 0 Å². The summed E-state index contributed by atoms with van der Waals surface area (Å²) in [5.74, 6) is 0.594. The Morgan fingerprint density at radius 3 is 2.83 bits per heavy atom. The van der Waals surface area contributed by atoms with Crippen LogP contribution in [0.5, 0.6) is 0 Å². The van der Waals surface area contributed by atoms with E-state index in [0.29, 0.717) is 5.02 Å². The fraction of sp³-hybridized carbons (Fsp3) is 0.250. The molecule has 1 aromatic rings. The van der Waals surface area contributed by atoms with E-state index in [2.05, 4.69) is 11.7 Å². The molecule has 0 aromatic heterocycles. The van der Waals surface area contributed by atoms with E-state index < -0.39 is 0 Å². The van der Waals surface area contributed by atoms with E-state index >= 15 is 0 Å².